The summed E-state index contributed by atoms with van der Waals surface area (Å²) in [6.07, 6.45) is 1.53. The normalized spacial score (nSPS) is 15.2. The number of benzene rings is 1. The summed E-state index contributed by atoms with van der Waals surface area (Å²) in [5.74, 6) is 0.449. The molecule has 1 aliphatic rings. The summed E-state index contributed by atoms with van der Waals surface area (Å²) in [7, 11) is -3.73. The number of amidine groups is 1. The highest BCUT2D eigenvalue weighted by atomic mass is 32.2. The van der Waals surface area contributed by atoms with Crippen LogP contribution in [0.5, 0.6) is 0 Å². The molecular formula is C14H13N3O4S2. The van der Waals surface area contributed by atoms with Gasteiger partial charge in [-0.15, -0.1) is 4.40 Å². The van der Waals surface area contributed by atoms with Gasteiger partial charge in [0.2, 0.25) is 5.91 Å². The maximum atomic E-state index is 12.1. The monoisotopic (exact) mass is 351 g/mol. The number of nitrogens with one attached hydrogen (secondary N) is 2. The second-order valence-electron chi connectivity index (χ2n) is 4.64. The van der Waals surface area contributed by atoms with Crippen molar-refractivity contribution >= 4 is 38.5 Å². The van der Waals surface area contributed by atoms with Gasteiger partial charge in [0.25, 0.3) is 10.0 Å². The number of fused-ring (bicyclic) bond motifs is 1. The SMILES string of the molecule is O=C(CSC1=NS(=O)(=O)c2ccccc2N1)NCc1ccco1. The van der Waals surface area contributed by atoms with Crippen LogP contribution in [0.1, 0.15) is 5.76 Å². The topological polar surface area (TPSA) is 101 Å². The average molecular weight is 351 g/mol. The number of carbonyl (C=O) groups is 1. The summed E-state index contributed by atoms with van der Waals surface area (Å²) in [5, 5.41) is 5.77. The predicted molar refractivity (Wildman–Crippen MR) is 87.7 cm³/mol. The van der Waals surface area contributed by atoms with Gasteiger partial charge in [0.05, 0.1) is 24.2 Å². The second kappa shape index (κ2) is 6.47. The number of nitrogens with zero attached hydrogens (tertiary/aromatic N) is 1. The molecule has 0 saturated carbocycles. The van der Waals surface area contributed by atoms with Crippen molar-refractivity contribution in [2.45, 2.75) is 11.4 Å². The Morgan fingerprint density at radius 3 is 2.87 bits per heavy atom. The number of rotatable bonds is 4. The van der Waals surface area contributed by atoms with E-state index in [1.165, 1.54) is 12.3 Å². The van der Waals surface area contributed by atoms with E-state index in [4.69, 9.17) is 4.42 Å². The number of furan rings is 1. The fourth-order valence-electron chi connectivity index (χ4n) is 1.94. The first kappa shape index (κ1) is 15.6. The molecule has 120 valence electrons. The molecule has 3 rings (SSSR count). The lowest BCUT2D eigenvalue weighted by molar-refractivity contribution is -0.118. The molecule has 1 aliphatic heterocycles. The fourth-order valence-corrected chi connectivity index (χ4v) is 4.00. The number of carbonyl (C=O) groups excluding carboxylic acids is 1. The van der Waals surface area contributed by atoms with Crippen molar-refractivity contribution in [3.63, 3.8) is 0 Å². The summed E-state index contributed by atoms with van der Waals surface area (Å²) in [5.41, 5.74) is 0.459. The first-order chi connectivity index (χ1) is 11.0. The second-order valence-corrected chi connectivity index (χ2v) is 7.17. The van der Waals surface area contributed by atoms with E-state index in [2.05, 4.69) is 15.0 Å². The highest BCUT2D eigenvalue weighted by molar-refractivity contribution is 8.15. The molecule has 0 saturated heterocycles. The minimum absolute atomic E-state index is 0.0459. The molecule has 0 radical (unpaired) electrons. The minimum Gasteiger partial charge on any atom is -0.467 e. The quantitative estimate of drug-likeness (QED) is 0.871. The third-order valence-corrected chi connectivity index (χ3v) is 5.31. The molecule has 7 nitrogen and oxygen atoms in total. The molecule has 9 heteroatoms. The van der Waals surface area contributed by atoms with Crippen molar-refractivity contribution < 1.29 is 17.6 Å². The van der Waals surface area contributed by atoms with Crippen molar-refractivity contribution in [2.24, 2.45) is 4.40 Å². The molecule has 0 spiro atoms. The number of hydrogen-bond donors (Lipinski definition) is 2. The Kier molecular flexibility index (Phi) is 4.39. The zero-order valence-corrected chi connectivity index (χ0v) is 13.5. The van der Waals surface area contributed by atoms with Crippen molar-refractivity contribution in [1.29, 1.82) is 0 Å². The lowest BCUT2D eigenvalue weighted by Crippen LogP contribution is -2.26. The molecule has 0 unspecified atom stereocenters. The van der Waals surface area contributed by atoms with Gasteiger partial charge in [-0.05, 0) is 24.3 Å². The van der Waals surface area contributed by atoms with Crippen LogP contribution in [0.2, 0.25) is 0 Å². The lowest BCUT2D eigenvalue weighted by atomic mass is 10.3. The minimum atomic E-state index is -3.73. The van der Waals surface area contributed by atoms with Gasteiger partial charge in [-0.1, -0.05) is 23.9 Å². The van der Waals surface area contributed by atoms with Gasteiger partial charge in [-0.3, -0.25) is 4.79 Å². The Bertz CT molecular complexity index is 845. The third kappa shape index (κ3) is 3.74. The van der Waals surface area contributed by atoms with E-state index in [0.717, 1.165) is 11.8 Å². The van der Waals surface area contributed by atoms with E-state index in [-0.39, 0.29) is 28.3 Å². The molecule has 2 heterocycles. The summed E-state index contributed by atoms with van der Waals surface area (Å²) in [6.45, 7) is 0.285. The molecule has 2 N–H and O–H groups in total. The van der Waals surface area contributed by atoms with E-state index in [9.17, 15) is 13.2 Å². The molecule has 1 aromatic heterocycles. The molecule has 0 fully saturated rings. The zero-order valence-electron chi connectivity index (χ0n) is 11.9. The molecular weight excluding hydrogens is 338 g/mol. The van der Waals surface area contributed by atoms with Crippen molar-refractivity contribution in [3.8, 4) is 0 Å². The highest BCUT2D eigenvalue weighted by Gasteiger charge is 2.24. The van der Waals surface area contributed by atoms with Crippen molar-refractivity contribution in [3.05, 3.63) is 48.4 Å². The maximum Gasteiger partial charge on any atom is 0.286 e. The van der Waals surface area contributed by atoms with Crippen LogP contribution in [0.3, 0.4) is 0 Å². The van der Waals surface area contributed by atoms with Gasteiger partial charge in [-0.2, -0.15) is 8.42 Å². The van der Waals surface area contributed by atoms with Crippen LogP contribution in [0, 0.1) is 0 Å². The summed E-state index contributed by atoms with van der Waals surface area (Å²) in [4.78, 5) is 11.9. The zero-order chi connectivity index (χ0) is 16.3. The largest absolute Gasteiger partial charge is 0.467 e. The highest BCUT2D eigenvalue weighted by Crippen LogP contribution is 2.28. The average Bonchev–Trinajstić information content (AvgIpc) is 3.04. The first-order valence-corrected chi connectivity index (χ1v) is 9.10. The van der Waals surface area contributed by atoms with E-state index in [1.54, 1.807) is 30.3 Å². The van der Waals surface area contributed by atoms with Crippen molar-refractivity contribution in [1.82, 2.24) is 5.32 Å². The van der Waals surface area contributed by atoms with Gasteiger partial charge < -0.3 is 15.1 Å². The molecule has 1 aromatic carbocycles. The molecule has 1 amide bonds. The van der Waals surface area contributed by atoms with Crippen LogP contribution in [0.4, 0.5) is 5.69 Å². The number of para-hydroxylation sites is 1. The summed E-state index contributed by atoms with van der Waals surface area (Å²) in [6, 6.07) is 9.99. The van der Waals surface area contributed by atoms with Crippen LogP contribution in [-0.4, -0.2) is 25.2 Å². The number of hydrogen-bond acceptors (Lipinski definition) is 6. The van der Waals surface area contributed by atoms with Crippen LogP contribution in [0.25, 0.3) is 0 Å². The molecule has 0 atom stereocenters. The Labute approximate surface area is 137 Å². The first-order valence-electron chi connectivity index (χ1n) is 6.67. The Balaban J connectivity index is 1.59. The molecule has 2 aromatic rings. The van der Waals surface area contributed by atoms with Gasteiger partial charge >= 0.3 is 0 Å². The lowest BCUT2D eigenvalue weighted by Gasteiger charge is -2.17. The van der Waals surface area contributed by atoms with Gasteiger partial charge in [0.1, 0.15) is 10.7 Å². The van der Waals surface area contributed by atoms with E-state index in [1.807, 2.05) is 0 Å². The third-order valence-electron chi connectivity index (χ3n) is 2.99. The molecule has 0 bridgehead atoms. The van der Waals surface area contributed by atoms with E-state index < -0.39 is 10.0 Å². The van der Waals surface area contributed by atoms with E-state index in [0.29, 0.717) is 11.4 Å². The summed E-state index contributed by atoms with van der Waals surface area (Å²) < 4.78 is 32.9. The van der Waals surface area contributed by atoms with E-state index >= 15 is 0 Å². The Morgan fingerprint density at radius 2 is 2.09 bits per heavy atom. The number of thioether (sulfide) groups is 1. The molecule has 0 aliphatic carbocycles. The van der Waals surface area contributed by atoms with Crippen molar-refractivity contribution in [2.75, 3.05) is 11.1 Å². The number of sulfonamides is 1. The van der Waals surface area contributed by atoms with Crippen LogP contribution in [-0.2, 0) is 21.4 Å². The Morgan fingerprint density at radius 1 is 1.26 bits per heavy atom. The number of amides is 1. The van der Waals surface area contributed by atoms with Crippen LogP contribution >= 0.6 is 11.8 Å². The Hall–Kier alpha value is -2.26. The van der Waals surface area contributed by atoms with Gasteiger partial charge in [0, 0.05) is 0 Å². The smallest absolute Gasteiger partial charge is 0.286 e. The van der Waals surface area contributed by atoms with Crippen LogP contribution in [0.15, 0.2) is 56.4 Å². The fraction of sp³-hybridized carbons (Fsp3) is 0.143. The van der Waals surface area contributed by atoms with Gasteiger partial charge in [-0.25, -0.2) is 0 Å². The summed E-state index contributed by atoms with van der Waals surface area (Å²) >= 11 is 1.03. The molecule has 23 heavy (non-hydrogen) atoms. The predicted octanol–water partition coefficient (Wildman–Crippen LogP) is 1.80. The van der Waals surface area contributed by atoms with Crippen LogP contribution < -0.4 is 10.6 Å². The van der Waals surface area contributed by atoms with Gasteiger partial charge in [0.15, 0.2) is 5.17 Å². The maximum absolute atomic E-state index is 12.1. The number of anilines is 1. The standard InChI is InChI=1S/C14H13N3O4S2/c18-13(15-8-10-4-3-7-21-10)9-22-14-16-11-5-1-2-6-12(11)23(19,20)17-14/h1-7H,8-9H2,(H,15,18)(H,16,17).